The van der Waals surface area contributed by atoms with Crippen molar-refractivity contribution >= 4 is 5.91 Å². The summed E-state index contributed by atoms with van der Waals surface area (Å²) < 4.78 is 0. The number of fused-ring (bicyclic) bond motifs is 1. The average Bonchev–Trinajstić information content (AvgIpc) is 3.32. The van der Waals surface area contributed by atoms with E-state index in [9.17, 15) is 4.79 Å². The van der Waals surface area contributed by atoms with Crippen LogP contribution in [0.2, 0.25) is 0 Å². The molecule has 196 valence electrons. The molecule has 0 bridgehead atoms. The molecular weight excluding hydrogens is 446 g/mol. The maximum atomic E-state index is 12.7. The molecule has 6 heteroatoms. The summed E-state index contributed by atoms with van der Waals surface area (Å²) in [5.41, 5.74) is 6.44. The summed E-state index contributed by atoms with van der Waals surface area (Å²) in [6.45, 7) is 8.49. The topological polar surface area (TPSA) is 78.1 Å². The molecule has 2 aliphatic carbocycles. The zero-order valence-corrected chi connectivity index (χ0v) is 22.2. The molecule has 1 saturated carbocycles. The zero-order chi connectivity index (χ0) is 25.2. The molecule has 4 rings (SSSR count). The van der Waals surface area contributed by atoms with Crippen LogP contribution in [0.15, 0.2) is 36.5 Å². The highest BCUT2D eigenvalue weighted by Gasteiger charge is 2.25. The van der Waals surface area contributed by atoms with Crippen LogP contribution in [-0.4, -0.2) is 42.6 Å². The predicted molar refractivity (Wildman–Crippen MR) is 147 cm³/mol. The Hall–Kier alpha value is -2.28. The highest BCUT2D eigenvalue weighted by Crippen LogP contribution is 2.36. The van der Waals surface area contributed by atoms with Crippen molar-refractivity contribution in [2.75, 3.05) is 19.6 Å². The third kappa shape index (κ3) is 7.61. The first-order valence-corrected chi connectivity index (χ1v) is 14.1. The molecule has 36 heavy (non-hydrogen) atoms. The molecule has 0 spiro atoms. The number of nitrogens with one attached hydrogen (secondary N) is 4. The molecule has 0 aliphatic heterocycles. The van der Waals surface area contributed by atoms with Gasteiger partial charge in [-0.05, 0) is 99.3 Å². The van der Waals surface area contributed by atoms with Gasteiger partial charge in [0.25, 0.3) is 0 Å². The number of hydrogen-bond acceptors (Lipinski definition) is 5. The molecule has 2 atom stereocenters. The molecule has 2 aliphatic rings. The van der Waals surface area contributed by atoms with Crippen molar-refractivity contribution in [1.29, 1.82) is 0 Å². The Morgan fingerprint density at radius 1 is 1.06 bits per heavy atom. The summed E-state index contributed by atoms with van der Waals surface area (Å²) in [5.74, 6) is 0.598. The zero-order valence-electron chi connectivity index (χ0n) is 22.2. The van der Waals surface area contributed by atoms with Gasteiger partial charge in [0.05, 0.1) is 11.7 Å². The highest BCUT2D eigenvalue weighted by atomic mass is 16.2. The first-order valence-electron chi connectivity index (χ1n) is 14.1. The van der Waals surface area contributed by atoms with Gasteiger partial charge in [0.1, 0.15) is 0 Å². The van der Waals surface area contributed by atoms with E-state index in [2.05, 4.69) is 45.3 Å². The van der Waals surface area contributed by atoms with Crippen molar-refractivity contribution in [3.8, 4) is 0 Å². The fourth-order valence-corrected chi connectivity index (χ4v) is 5.72. The van der Waals surface area contributed by atoms with Crippen LogP contribution in [0.5, 0.6) is 0 Å². The molecule has 6 nitrogen and oxygen atoms in total. The van der Waals surface area contributed by atoms with E-state index in [0.29, 0.717) is 19.0 Å². The van der Waals surface area contributed by atoms with Gasteiger partial charge in [-0.1, -0.05) is 37.5 Å². The maximum absolute atomic E-state index is 12.7. The second-order valence-electron chi connectivity index (χ2n) is 10.7. The molecular formula is C30H45N5O. The summed E-state index contributed by atoms with van der Waals surface area (Å²) in [4.78, 5) is 17.0. The minimum absolute atomic E-state index is 0.0287. The quantitative estimate of drug-likeness (QED) is 0.317. The second-order valence-corrected chi connectivity index (χ2v) is 10.7. The summed E-state index contributed by atoms with van der Waals surface area (Å²) in [6, 6.07) is 10.9. The van der Waals surface area contributed by atoms with Crippen LogP contribution in [0.3, 0.4) is 0 Å². The summed E-state index contributed by atoms with van der Waals surface area (Å²) >= 11 is 0. The Balaban J connectivity index is 1.20. The Kier molecular flexibility index (Phi) is 10.3. The first-order chi connectivity index (χ1) is 17.6. The molecule has 1 heterocycles. The Morgan fingerprint density at radius 2 is 1.92 bits per heavy atom. The fraction of sp³-hybridized carbons (Fsp3) is 0.600. The van der Waals surface area contributed by atoms with Crippen LogP contribution >= 0.6 is 0 Å². The minimum atomic E-state index is -0.270. The number of rotatable bonds is 13. The maximum Gasteiger partial charge on any atom is 0.237 e. The van der Waals surface area contributed by atoms with Crippen molar-refractivity contribution in [2.24, 2.45) is 0 Å². The van der Waals surface area contributed by atoms with E-state index in [4.69, 9.17) is 0 Å². The summed E-state index contributed by atoms with van der Waals surface area (Å²) in [7, 11) is 0. The lowest BCUT2D eigenvalue weighted by atomic mass is 9.95. The monoisotopic (exact) mass is 491 g/mol. The van der Waals surface area contributed by atoms with Crippen LogP contribution in [0.4, 0.5) is 0 Å². The normalized spacial score (nSPS) is 18.7. The number of aryl methyl sites for hydroxylation is 1. The lowest BCUT2D eigenvalue weighted by molar-refractivity contribution is -0.122. The van der Waals surface area contributed by atoms with Gasteiger partial charge in [0, 0.05) is 31.9 Å². The van der Waals surface area contributed by atoms with Gasteiger partial charge >= 0.3 is 0 Å². The molecule has 0 saturated heterocycles. The number of carbonyl (C=O) groups excluding carboxylic acids is 1. The summed E-state index contributed by atoms with van der Waals surface area (Å²) in [5, 5.41) is 13.9. The number of aromatic nitrogens is 1. The van der Waals surface area contributed by atoms with E-state index in [-0.39, 0.29) is 11.9 Å². The Bertz CT molecular complexity index is 957. The third-order valence-corrected chi connectivity index (χ3v) is 7.99. The van der Waals surface area contributed by atoms with Crippen molar-refractivity contribution in [1.82, 2.24) is 26.3 Å². The number of hydrogen-bond donors (Lipinski definition) is 4. The van der Waals surface area contributed by atoms with E-state index in [1.807, 2.05) is 25.1 Å². The van der Waals surface area contributed by atoms with Gasteiger partial charge in [-0.15, -0.1) is 0 Å². The second kappa shape index (κ2) is 13.9. The predicted octanol–water partition coefficient (Wildman–Crippen LogP) is 4.12. The lowest BCUT2D eigenvalue weighted by Gasteiger charge is -2.23. The van der Waals surface area contributed by atoms with Crippen molar-refractivity contribution in [3.63, 3.8) is 0 Å². The van der Waals surface area contributed by atoms with Gasteiger partial charge in [-0.2, -0.15) is 0 Å². The molecule has 0 radical (unpaired) electrons. The van der Waals surface area contributed by atoms with Gasteiger partial charge in [-0.3, -0.25) is 9.78 Å². The standard InChI is InChI=1S/C30H45N5O/c1-22-12-14-27-24(19-31-16-8-18-32-25-9-4-3-5-10-25)13-15-28(27)29(22)21-35-30(36)23(2)34-20-26-11-6-7-17-33-26/h6-7,11-12,14,17,23-25,31-32,34H,3-5,8-10,13,15-16,18-21H2,1-2H3,(H,35,36)/t23-,24?/m0/s1. The smallest absolute Gasteiger partial charge is 0.237 e. The Morgan fingerprint density at radius 3 is 2.72 bits per heavy atom. The number of benzene rings is 1. The molecule has 1 fully saturated rings. The van der Waals surface area contributed by atoms with Gasteiger partial charge in [-0.25, -0.2) is 0 Å². The molecule has 1 aromatic heterocycles. The number of carbonyl (C=O) groups is 1. The van der Waals surface area contributed by atoms with Gasteiger partial charge < -0.3 is 21.3 Å². The van der Waals surface area contributed by atoms with Crippen molar-refractivity contribution in [2.45, 2.75) is 96.3 Å². The number of pyridine rings is 1. The molecule has 1 unspecified atom stereocenters. The van der Waals surface area contributed by atoms with Gasteiger partial charge in [0.2, 0.25) is 5.91 Å². The van der Waals surface area contributed by atoms with Gasteiger partial charge in [0.15, 0.2) is 0 Å². The molecule has 1 amide bonds. The SMILES string of the molecule is Cc1ccc2c(c1CNC(=O)[C@H](C)NCc1ccccn1)CCC2CNCCCNC1CCCCC1. The lowest BCUT2D eigenvalue weighted by Crippen LogP contribution is -2.41. The van der Waals surface area contributed by atoms with Crippen LogP contribution in [0, 0.1) is 6.92 Å². The van der Waals surface area contributed by atoms with Crippen LogP contribution in [-0.2, 0) is 24.3 Å². The van der Waals surface area contributed by atoms with Crippen LogP contribution in [0.1, 0.15) is 85.7 Å². The fourth-order valence-electron chi connectivity index (χ4n) is 5.72. The first kappa shape index (κ1) is 26.8. The van der Waals surface area contributed by atoms with Crippen LogP contribution in [0.25, 0.3) is 0 Å². The molecule has 1 aromatic carbocycles. The van der Waals surface area contributed by atoms with E-state index < -0.39 is 0 Å². The minimum Gasteiger partial charge on any atom is -0.351 e. The Labute approximate surface area is 217 Å². The number of amides is 1. The average molecular weight is 492 g/mol. The largest absolute Gasteiger partial charge is 0.351 e. The molecule has 4 N–H and O–H groups in total. The summed E-state index contributed by atoms with van der Waals surface area (Å²) in [6.07, 6.45) is 12.2. The molecule has 2 aromatic rings. The van der Waals surface area contributed by atoms with E-state index in [1.54, 1.807) is 6.20 Å². The van der Waals surface area contributed by atoms with Crippen molar-refractivity contribution in [3.05, 3.63) is 64.5 Å². The third-order valence-electron chi connectivity index (χ3n) is 7.99. The van der Waals surface area contributed by atoms with E-state index in [0.717, 1.165) is 37.8 Å². The number of nitrogens with zero attached hydrogens (tertiary/aromatic N) is 1. The van der Waals surface area contributed by atoms with E-state index >= 15 is 0 Å². The highest BCUT2D eigenvalue weighted by molar-refractivity contribution is 5.81. The van der Waals surface area contributed by atoms with Crippen LogP contribution < -0.4 is 21.3 Å². The van der Waals surface area contributed by atoms with Crippen molar-refractivity contribution < 1.29 is 4.79 Å². The van der Waals surface area contributed by atoms with E-state index in [1.165, 1.54) is 67.2 Å².